The number of nitrogens with one attached hydrogen (secondary N) is 2. The highest BCUT2D eigenvalue weighted by Crippen LogP contribution is 2.35. The molecule has 0 aliphatic carbocycles. The molecule has 6 nitrogen and oxygen atoms in total. The third-order valence-corrected chi connectivity index (χ3v) is 6.04. The predicted molar refractivity (Wildman–Crippen MR) is 129 cm³/mol. The second kappa shape index (κ2) is 10.3. The van der Waals surface area contributed by atoms with Gasteiger partial charge in [-0.1, -0.05) is 53.8 Å². The van der Waals surface area contributed by atoms with Gasteiger partial charge in [0.2, 0.25) is 0 Å². The van der Waals surface area contributed by atoms with Crippen LogP contribution >= 0.6 is 23.6 Å². The van der Waals surface area contributed by atoms with Crippen LogP contribution < -0.4 is 15.6 Å². The van der Waals surface area contributed by atoms with Gasteiger partial charge in [0, 0.05) is 18.7 Å². The van der Waals surface area contributed by atoms with Gasteiger partial charge in [0.1, 0.15) is 0 Å². The van der Waals surface area contributed by atoms with E-state index in [2.05, 4.69) is 20.7 Å². The molecule has 1 saturated heterocycles. The van der Waals surface area contributed by atoms with Crippen molar-refractivity contribution in [2.24, 2.45) is 5.10 Å². The number of nitrogens with zero attached hydrogens (tertiary/aromatic N) is 3. The lowest BCUT2D eigenvalue weighted by Gasteiger charge is -2.26. The van der Waals surface area contributed by atoms with Gasteiger partial charge in [-0.3, -0.25) is 5.43 Å². The van der Waals surface area contributed by atoms with E-state index in [9.17, 15) is 13.2 Å². The number of hydrogen-bond donors (Lipinski definition) is 2. The summed E-state index contributed by atoms with van der Waals surface area (Å²) in [5.74, 6) is 0. The van der Waals surface area contributed by atoms with Crippen LogP contribution in [-0.4, -0.2) is 42.6 Å². The molecule has 2 aromatic carbocycles. The molecule has 0 atom stereocenters. The summed E-state index contributed by atoms with van der Waals surface area (Å²) in [6, 6.07) is 14.8. The fraction of sp³-hybridized carbons (Fsp3) is 0.227. The van der Waals surface area contributed by atoms with Crippen molar-refractivity contribution < 1.29 is 17.9 Å². The van der Waals surface area contributed by atoms with E-state index in [1.165, 1.54) is 29.5 Å². The molecule has 3 aromatic rings. The highest BCUT2D eigenvalue weighted by atomic mass is 32.1. The van der Waals surface area contributed by atoms with Crippen LogP contribution in [0.3, 0.4) is 0 Å². The Morgan fingerprint density at radius 2 is 1.79 bits per heavy atom. The second-order valence-electron chi connectivity index (χ2n) is 7.04. The quantitative estimate of drug-likeness (QED) is 0.298. The van der Waals surface area contributed by atoms with Crippen LogP contribution in [0.5, 0.6) is 0 Å². The molecule has 1 aliphatic rings. The van der Waals surface area contributed by atoms with E-state index < -0.39 is 11.7 Å². The van der Waals surface area contributed by atoms with E-state index in [0.717, 1.165) is 40.4 Å². The van der Waals surface area contributed by atoms with Crippen molar-refractivity contribution >= 4 is 45.7 Å². The summed E-state index contributed by atoms with van der Waals surface area (Å²) in [4.78, 5) is 7.76. The zero-order chi connectivity index (χ0) is 23.3. The minimum absolute atomic E-state index is 0.0536. The van der Waals surface area contributed by atoms with Crippen molar-refractivity contribution in [1.82, 2.24) is 10.4 Å². The molecule has 0 radical (unpaired) electrons. The zero-order valence-electron chi connectivity index (χ0n) is 17.3. The maximum Gasteiger partial charge on any atom is 0.418 e. The normalized spacial score (nSPS) is 14.5. The lowest BCUT2D eigenvalue weighted by atomic mass is 10.1. The van der Waals surface area contributed by atoms with Crippen LogP contribution in [0.4, 0.5) is 24.0 Å². The molecule has 1 fully saturated rings. The minimum Gasteiger partial charge on any atom is -0.378 e. The molecular formula is C22H20F3N5OS2. The number of alkyl halides is 3. The van der Waals surface area contributed by atoms with Crippen LogP contribution in [-0.2, 0) is 10.9 Å². The van der Waals surface area contributed by atoms with E-state index in [0.29, 0.717) is 13.2 Å². The smallest absolute Gasteiger partial charge is 0.378 e. The first-order valence-electron chi connectivity index (χ1n) is 10.1. The number of anilines is 2. The number of para-hydroxylation sites is 1. The Bertz CT molecular complexity index is 1130. The standard InChI is InChI=1S/C22H20F3N5OS2/c23-22(24,25)16-8-4-5-9-17(16)27-20(32)29-26-14-18-19(15-6-2-1-3-7-15)28-21(33-18)30-10-12-31-13-11-30/h1-9,14H,10-13H2,(H2,27,29,32). The van der Waals surface area contributed by atoms with Gasteiger partial charge in [-0.25, -0.2) is 4.98 Å². The Morgan fingerprint density at radius 1 is 1.09 bits per heavy atom. The van der Waals surface area contributed by atoms with E-state index in [-0.39, 0.29) is 10.8 Å². The number of hydrazone groups is 1. The van der Waals surface area contributed by atoms with Crippen molar-refractivity contribution in [1.29, 1.82) is 0 Å². The van der Waals surface area contributed by atoms with Gasteiger partial charge in [-0.05, 0) is 24.4 Å². The number of aromatic nitrogens is 1. The first kappa shape index (κ1) is 23.1. The number of ether oxygens (including phenoxy) is 1. The van der Waals surface area contributed by atoms with E-state index in [1.54, 1.807) is 6.21 Å². The molecule has 0 spiro atoms. The highest BCUT2D eigenvalue weighted by Gasteiger charge is 2.33. The molecule has 11 heteroatoms. The summed E-state index contributed by atoms with van der Waals surface area (Å²) in [5, 5.41) is 7.51. The lowest BCUT2D eigenvalue weighted by Crippen LogP contribution is -2.36. The van der Waals surface area contributed by atoms with Crippen molar-refractivity contribution in [2.75, 3.05) is 36.5 Å². The number of morpholine rings is 1. The van der Waals surface area contributed by atoms with Gasteiger partial charge in [0.25, 0.3) is 0 Å². The summed E-state index contributed by atoms with van der Waals surface area (Å²) in [7, 11) is 0. The Hall–Kier alpha value is -3.02. The molecular weight excluding hydrogens is 471 g/mol. The maximum absolute atomic E-state index is 13.2. The van der Waals surface area contributed by atoms with Crippen LogP contribution in [0.2, 0.25) is 0 Å². The summed E-state index contributed by atoms with van der Waals surface area (Å²) in [5.41, 5.74) is 3.36. The average molecular weight is 492 g/mol. The third kappa shape index (κ3) is 5.86. The Balaban J connectivity index is 1.51. The molecule has 172 valence electrons. The topological polar surface area (TPSA) is 61.8 Å². The molecule has 0 unspecified atom stereocenters. The van der Waals surface area contributed by atoms with E-state index in [1.807, 2.05) is 30.3 Å². The number of thiazole rings is 1. The number of rotatable bonds is 5. The molecule has 2 heterocycles. The lowest BCUT2D eigenvalue weighted by molar-refractivity contribution is -0.136. The molecule has 0 saturated carbocycles. The molecule has 33 heavy (non-hydrogen) atoms. The largest absolute Gasteiger partial charge is 0.418 e. The van der Waals surface area contributed by atoms with Crippen molar-refractivity contribution in [3.8, 4) is 11.3 Å². The van der Waals surface area contributed by atoms with Gasteiger partial charge >= 0.3 is 6.18 Å². The summed E-state index contributed by atoms with van der Waals surface area (Å²) < 4.78 is 45.0. The third-order valence-electron chi connectivity index (χ3n) is 4.80. The Labute approximate surface area is 198 Å². The first-order valence-corrected chi connectivity index (χ1v) is 11.3. The monoisotopic (exact) mass is 491 g/mol. The molecule has 0 bridgehead atoms. The Kier molecular flexibility index (Phi) is 7.21. The van der Waals surface area contributed by atoms with Crippen molar-refractivity contribution in [3.63, 3.8) is 0 Å². The minimum atomic E-state index is -4.49. The molecule has 4 rings (SSSR count). The maximum atomic E-state index is 13.2. The summed E-state index contributed by atoms with van der Waals surface area (Å²) in [6.45, 7) is 2.79. The van der Waals surface area contributed by atoms with Gasteiger partial charge < -0.3 is 15.0 Å². The molecule has 0 amide bonds. The molecule has 2 N–H and O–H groups in total. The van der Waals surface area contributed by atoms with Gasteiger partial charge in [-0.15, -0.1) is 0 Å². The Morgan fingerprint density at radius 3 is 2.52 bits per heavy atom. The predicted octanol–water partition coefficient (Wildman–Crippen LogP) is 4.99. The van der Waals surface area contributed by atoms with Crippen LogP contribution in [0.15, 0.2) is 59.7 Å². The van der Waals surface area contributed by atoms with Crippen LogP contribution in [0.25, 0.3) is 11.3 Å². The van der Waals surface area contributed by atoms with Gasteiger partial charge in [0.15, 0.2) is 10.2 Å². The van der Waals surface area contributed by atoms with Gasteiger partial charge in [0.05, 0.1) is 41.3 Å². The first-order chi connectivity index (χ1) is 15.9. The van der Waals surface area contributed by atoms with E-state index >= 15 is 0 Å². The molecule has 1 aromatic heterocycles. The fourth-order valence-electron chi connectivity index (χ4n) is 3.24. The second-order valence-corrected chi connectivity index (χ2v) is 8.46. The highest BCUT2D eigenvalue weighted by molar-refractivity contribution is 7.80. The summed E-state index contributed by atoms with van der Waals surface area (Å²) >= 11 is 6.61. The van der Waals surface area contributed by atoms with Crippen molar-refractivity contribution in [2.45, 2.75) is 6.18 Å². The average Bonchev–Trinajstić information content (AvgIpc) is 3.24. The van der Waals surface area contributed by atoms with Crippen molar-refractivity contribution in [3.05, 3.63) is 65.0 Å². The van der Waals surface area contributed by atoms with E-state index in [4.69, 9.17) is 21.9 Å². The van der Waals surface area contributed by atoms with Gasteiger partial charge in [-0.2, -0.15) is 18.3 Å². The fourth-order valence-corrected chi connectivity index (χ4v) is 4.41. The number of thiocarbonyl (C=S) groups is 1. The van der Waals surface area contributed by atoms with Crippen LogP contribution in [0.1, 0.15) is 10.4 Å². The number of hydrogen-bond acceptors (Lipinski definition) is 6. The van der Waals surface area contributed by atoms with Crippen LogP contribution in [0, 0.1) is 0 Å². The molecule has 1 aliphatic heterocycles. The SMILES string of the molecule is FC(F)(F)c1ccccc1NC(=S)NN=Cc1sc(N2CCOCC2)nc1-c1ccccc1. The number of halogens is 3. The zero-order valence-corrected chi connectivity index (χ0v) is 18.9. The summed E-state index contributed by atoms with van der Waals surface area (Å²) in [6.07, 6.45) is -2.92. The number of benzene rings is 2.